The Balaban J connectivity index is 1.56. The van der Waals surface area contributed by atoms with Crippen molar-refractivity contribution in [2.75, 3.05) is 23.4 Å². The van der Waals surface area contributed by atoms with Crippen molar-refractivity contribution >= 4 is 29.1 Å². The van der Waals surface area contributed by atoms with Crippen LogP contribution in [0.1, 0.15) is 31.7 Å². The van der Waals surface area contributed by atoms with E-state index in [0.29, 0.717) is 18.0 Å². The van der Waals surface area contributed by atoms with Crippen LogP contribution in [0, 0.1) is 5.92 Å². The second-order valence-electron chi connectivity index (χ2n) is 7.44. The highest BCUT2D eigenvalue weighted by atomic mass is 16.5. The van der Waals surface area contributed by atoms with Gasteiger partial charge >= 0.3 is 0 Å². The van der Waals surface area contributed by atoms with E-state index in [1.54, 1.807) is 29.2 Å². The zero-order valence-electron chi connectivity index (χ0n) is 17.1. The highest BCUT2D eigenvalue weighted by Gasteiger charge is 2.35. The van der Waals surface area contributed by atoms with Crippen molar-refractivity contribution < 1.29 is 19.1 Å². The molecule has 7 heteroatoms. The van der Waals surface area contributed by atoms with Crippen molar-refractivity contribution in [3.63, 3.8) is 0 Å². The maximum atomic E-state index is 12.6. The molecule has 1 unspecified atom stereocenters. The van der Waals surface area contributed by atoms with Crippen molar-refractivity contribution in [3.05, 3.63) is 54.1 Å². The summed E-state index contributed by atoms with van der Waals surface area (Å²) in [6.45, 7) is 2.32. The third-order valence-electron chi connectivity index (χ3n) is 5.07. The lowest BCUT2D eigenvalue weighted by atomic mass is 10.1. The van der Waals surface area contributed by atoms with E-state index in [9.17, 15) is 14.4 Å². The van der Waals surface area contributed by atoms with E-state index in [0.717, 1.165) is 24.9 Å². The van der Waals surface area contributed by atoms with Crippen LogP contribution >= 0.6 is 0 Å². The number of nitrogens with one attached hydrogen (secondary N) is 1. The maximum absolute atomic E-state index is 12.6. The lowest BCUT2D eigenvalue weighted by Crippen LogP contribution is -2.28. The molecule has 2 aromatic rings. The number of carbonyl (C=O) groups is 3. The summed E-state index contributed by atoms with van der Waals surface area (Å²) in [5.74, 6) is -0.735. The Morgan fingerprint density at radius 1 is 1.13 bits per heavy atom. The molecule has 30 heavy (non-hydrogen) atoms. The number of hydrogen-bond donors (Lipinski definition) is 2. The maximum Gasteiger partial charge on any atom is 0.255 e. The minimum Gasteiger partial charge on any atom is -0.484 e. The zero-order valence-corrected chi connectivity index (χ0v) is 17.1. The fraction of sp³-hybridized carbons (Fsp3) is 0.348. The quantitative estimate of drug-likeness (QED) is 0.665. The Kier molecular flexibility index (Phi) is 7.06. The van der Waals surface area contributed by atoms with Gasteiger partial charge in [0.05, 0.1) is 5.92 Å². The lowest BCUT2D eigenvalue weighted by Gasteiger charge is -2.17. The van der Waals surface area contributed by atoms with E-state index in [1.165, 1.54) is 5.56 Å². The Morgan fingerprint density at radius 2 is 1.83 bits per heavy atom. The van der Waals surface area contributed by atoms with Crippen LogP contribution in [-0.4, -0.2) is 30.9 Å². The van der Waals surface area contributed by atoms with Gasteiger partial charge in [-0.1, -0.05) is 25.5 Å². The van der Waals surface area contributed by atoms with Crippen LogP contribution < -0.4 is 20.7 Å². The van der Waals surface area contributed by atoms with Gasteiger partial charge in [-0.15, -0.1) is 0 Å². The fourth-order valence-electron chi connectivity index (χ4n) is 3.39. The van der Waals surface area contributed by atoms with Crippen LogP contribution in [0.4, 0.5) is 11.4 Å². The molecule has 1 atom stereocenters. The van der Waals surface area contributed by atoms with Crippen molar-refractivity contribution in [1.29, 1.82) is 0 Å². The van der Waals surface area contributed by atoms with Crippen molar-refractivity contribution in [2.45, 2.75) is 32.6 Å². The van der Waals surface area contributed by atoms with E-state index in [4.69, 9.17) is 10.5 Å². The van der Waals surface area contributed by atoms with Crippen molar-refractivity contribution in [2.24, 2.45) is 11.7 Å². The average molecular weight is 409 g/mol. The molecule has 0 aliphatic carbocycles. The Hall–Kier alpha value is -3.35. The standard InChI is InChI=1S/C23H27N3O4/c1-2-3-4-16-5-9-19(10-6-16)26-14-17(13-22(26)28)23(29)25-18-7-11-20(12-8-18)30-15-21(24)27/h5-12,17H,2-4,13-15H2,1H3,(H2,24,27)(H,25,29). The zero-order chi connectivity index (χ0) is 21.5. The first-order valence-corrected chi connectivity index (χ1v) is 10.2. The number of aryl methyl sites for hydroxylation is 1. The molecule has 1 aliphatic rings. The molecule has 7 nitrogen and oxygen atoms in total. The van der Waals surface area contributed by atoms with Crippen molar-refractivity contribution in [1.82, 2.24) is 0 Å². The molecule has 0 saturated carbocycles. The first-order valence-electron chi connectivity index (χ1n) is 10.2. The fourth-order valence-corrected chi connectivity index (χ4v) is 3.39. The van der Waals surface area contributed by atoms with Gasteiger partial charge in [0.15, 0.2) is 6.61 Å². The van der Waals surface area contributed by atoms with Gasteiger partial charge in [0.1, 0.15) is 5.75 Å². The first kappa shape index (κ1) is 21.4. The number of nitrogens with two attached hydrogens (primary N) is 1. The summed E-state index contributed by atoms with van der Waals surface area (Å²) in [4.78, 5) is 37.5. The molecule has 0 aromatic heterocycles. The SMILES string of the molecule is CCCCc1ccc(N2CC(C(=O)Nc3ccc(OCC(N)=O)cc3)CC2=O)cc1. The van der Waals surface area contributed by atoms with Gasteiger partial charge in [-0.05, 0) is 54.8 Å². The third-order valence-corrected chi connectivity index (χ3v) is 5.07. The number of rotatable bonds is 9. The predicted molar refractivity (Wildman–Crippen MR) is 115 cm³/mol. The van der Waals surface area contributed by atoms with Gasteiger partial charge in [0.2, 0.25) is 11.8 Å². The minimum atomic E-state index is -0.557. The van der Waals surface area contributed by atoms with Gasteiger partial charge < -0.3 is 20.7 Å². The van der Waals surface area contributed by atoms with Gasteiger partial charge in [-0.2, -0.15) is 0 Å². The first-order chi connectivity index (χ1) is 14.5. The van der Waals surface area contributed by atoms with E-state index >= 15 is 0 Å². The molecular formula is C23H27N3O4. The van der Waals surface area contributed by atoms with E-state index < -0.39 is 11.8 Å². The molecule has 3 N–H and O–H groups in total. The number of nitrogens with zero attached hydrogens (tertiary/aromatic N) is 1. The largest absolute Gasteiger partial charge is 0.484 e. The monoisotopic (exact) mass is 409 g/mol. The molecule has 158 valence electrons. The summed E-state index contributed by atoms with van der Waals surface area (Å²) >= 11 is 0. The van der Waals surface area contributed by atoms with Crippen molar-refractivity contribution in [3.8, 4) is 5.75 Å². The van der Waals surface area contributed by atoms with Gasteiger partial charge in [-0.25, -0.2) is 0 Å². The lowest BCUT2D eigenvalue weighted by molar-refractivity contribution is -0.122. The molecule has 0 spiro atoms. The molecule has 1 aliphatic heterocycles. The van der Waals surface area contributed by atoms with E-state index in [1.807, 2.05) is 24.3 Å². The number of carbonyl (C=O) groups excluding carboxylic acids is 3. The minimum absolute atomic E-state index is 0.0494. The molecule has 0 bridgehead atoms. The molecule has 1 heterocycles. The number of benzene rings is 2. The molecule has 3 amide bonds. The molecule has 2 aromatic carbocycles. The number of hydrogen-bond acceptors (Lipinski definition) is 4. The summed E-state index contributed by atoms with van der Waals surface area (Å²) < 4.78 is 5.20. The average Bonchev–Trinajstić information content (AvgIpc) is 3.14. The molecule has 1 saturated heterocycles. The summed E-state index contributed by atoms with van der Waals surface area (Å²) in [6.07, 6.45) is 3.50. The number of primary amides is 1. The molecule has 1 fully saturated rings. The smallest absolute Gasteiger partial charge is 0.255 e. The second-order valence-corrected chi connectivity index (χ2v) is 7.44. The molecule has 0 radical (unpaired) electrons. The number of unbranched alkanes of at least 4 members (excludes halogenated alkanes) is 1. The summed E-state index contributed by atoms with van der Waals surface area (Å²) in [5, 5.41) is 2.84. The second kappa shape index (κ2) is 9.91. The highest BCUT2D eigenvalue weighted by molar-refractivity contribution is 6.03. The molecule has 3 rings (SSSR count). The van der Waals surface area contributed by atoms with Crippen LogP contribution in [0.25, 0.3) is 0 Å². The summed E-state index contributed by atoms with van der Waals surface area (Å²) in [6, 6.07) is 14.6. The Bertz CT molecular complexity index is 894. The van der Waals surface area contributed by atoms with Gasteiger partial charge in [0, 0.05) is 24.3 Å². The van der Waals surface area contributed by atoms with Crippen LogP contribution in [0.3, 0.4) is 0 Å². The summed E-state index contributed by atoms with van der Waals surface area (Å²) in [5.41, 5.74) is 7.72. The van der Waals surface area contributed by atoms with Crippen LogP contribution in [0.15, 0.2) is 48.5 Å². The Labute approximate surface area is 176 Å². The van der Waals surface area contributed by atoms with Gasteiger partial charge in [-0.3, -0.25) is 14.4 Å². The topological polar surface area (TPSA) is 102 Å². The highest BCUT2D eigenvalue weighted by Crippen LogP contribution is 2.27. The van der Waals surface area contributed by atoms with Crippen LogP contribution in [0.5, 0.6) is 5.75 Å². The normalized spacial score (nSPS) is 15.8. The Morgan fingerprint density at radius 3 is 2.47 bits per heavy atom. The number of ether oxygens (including phenoxy) is 1. The molecular weight excluding hydrogens is 382 g/mol. The third kappa shape index (κ3) is 5.59. The number of anilines is 2. The predicted octanol–water partition coefficient (Wildman–Crippen LogP) is 2.88. The van der Waals surface area contributed by atoms with E-state index in [2.05, 4.69) is 12.2 Å². The van der Waals surface area contributed by atoms with Gasteiger partial charge in [0.25, 0.3) is 5.91 Å². The van der Waals surface area contributed by atoms with E-state index in [-0.39, 0.29) is 24.8 Å². The van der Waals surface area contributed by atoms with Crippen LogP contribution in [0.2, 0.25) is 0 Å². The number of amides is 3. The summed E-state index contributed by atoms with van der Waals surface area (Å²) in [7, 11) is 0. The van der Waals surface area contributed by atoms with Crippen LogP contribution in [-0.2, 0) is 20.8 Å².